The molecule has 0 N–H and O–H groups in total. The van der Waals surface area contributed by atoms with Crippen LogP contribution in [-0.4, -0.2) is 73.1 Å². The van der Waals surface area contributed by atoms with Crippen LogP contribution in [0, 0.1) is 0 Å². The van der Waals surface area contributed by atoms with Gasteiger partial charge < -0.3 is 14.2 Å². The van der Waals surface area contributed by atoms with E-state index in [1.165, 1.54) is 22.1 Å². The van der Waals surface area contributed by atoms with Crippen LogP contribution in [0.25, 0.3) is 0 Å². The zero-order valence-electron chi connectivity index (χ0n) is 17.5. The van der Waals surface area contributed by atoms with Crippen LogP contribution in [0.5, 0.6) is 0 Å². The number of hydrogen-bond donors (Lipinski definition) is 0. The first-order chi connectivity index (χ1) is 15.6. The van der Waals surface area contributed by atoms with E-state index in [4.69, 9.17) is 4.42 Å². The van der Waals surface area contributed by atoms with Gasteiger partial charge in [-0.05, 0) is 43.2 Å². The molecule has 0 spiro atoms. The normalized spacial score (nSPS) is 20.3. The second-order valence-electron chi connectivity index (χ2n) is 7.89. The highest BCUT2D eigenvalue weighted by Crippen LogP contribution is 2.31. The van der Waals surface area contributed by atoms with Crippen LogP contribution < -0.4 is 0 Å². The molecule has 0 unspecified atom stereocenters. The van der Waals surface area contributed by atoms with Gasteiger partial charge in [-0.1, -0.05) is 6.07 Å². The fourth-order valence-corrected chi connectivity index (χ4v) is 5.62. The molecule has 2 aromatic rings. The van der Waals surface area contributed by atoms with Crippen molar-refractivity contribution < 1.29 is 35.6 Å². The van der Waals surface area contributed by atoms with Gasteiger partial charge in [-0.3, -0.25) is 9.59 Å². The Kier molecular flexibility index (Phi) is 6.23. The van der Waals surface area contributed by atoms with E-state index < -0.39 is 32.7 Å². The van der Waals surface area contributed by atoms with Crippen molar-refractivity contribution in [3.05, 3.63) is 54.0 Å². The van der Waals surface area contributed by atoms with E-state index in [2.05, 4.69) is 0 Å². The van der Waals surface area contributed by atoms with Crippen molar-refractivity contribution in [2.75, 3.05) is 32.7 Å². The zero-order valence-corrected chi connectivity index (χ0v) is 18.3. The van der Waals surface area contributed by atoms with Gasteiger partial charge in [-0.2, -0.15) is 17.5 Å². The molecule has 1 aromatic heterocycles. The Morgan fingerprint density at radius 1 is 1.00 bits per heavy atom. The number of alkyl halides is 3. The van der Waals surface area contributed by atoms with Crippen LogP contribution in [0.4, 0.5) is 13.2 Å². The molecule has 12 heteroatoms. The molecule has 2 saturated heterocycles. The van der Waals surface area contributed by atoms with Gasteiger partial charge in [0.1, 0.15) is 6.04 Å². The number of likely N-dealkylation sites (tertiary alicyclic amines) is 1. The molecule has 2 aliphatic rings. The summed E-state index contributed by atoms with van der Waals surface area (Å²) in [7, 11) is -4.15. The van der Waals surface area contributed by atoms with Crippen LogP contribution in [0.3, 0.4) is 0 Å². The Hall–Kier alpha value is -2.86. The van der Waals surface area contributed by atoms with E-state index in [0.717, 1.165) is 22.5 Å². The molecule has 2 amide bonds. The highest BCUT2D eigenvalue weighted by molar-refractivity contribution is 7.89. The Morgan fingerprint density at radius 3 is 2.36 bits per heavy atom. The quantitative estimate of drug-likeness (QED) is 0.664. The number of nitrogens with zero attached hydrogens (tertiary/aromatic N) is 3. The molecule has 2 fully saturated rings. The fraction of sp³-hybridized carbons (Fsp3) is 0.429. The summed E-state index contributed by atoms with van der Waals surface area (Å²) in [4.78, 5) is 28.2. The summed E-state index contributed by atoms with van der Waals surface area (Å²) in [6.07, 6.45) is -2.12. The van der Waals surface area contributed by atoms with Gasteiger partial charge in [0, 0.05) is 32.7 Å². The minimum absolute atomic E-state index is 0.0524. The molecule has 1 aromatic carbocycles. The first kappa shape index (κ1) is 23.3. The number of hydrogen-bond acceptors (Lipinski definition) is 5. The number of amides is 2. The number of rotatable bonds is 4. The van der Waals surface area contributed by atoms with Gasteiger partial charge in [0.15, 0.2) is 5.76 Å². The van der Waals surface area contributed by atoms with Gasteiger partial charge in [0.25, 0.3) is 5.91 Å². The topological polar surface area (TPSA) is 91.1 Å². The monoisotopic (exact) mass is 485 g/mol. The first-order valence-electron chi connectivity index (χ1n) is 10.4. The molecule has 2 aliphatic heterocycles. The minimum Gasteiger partial charge on any atom is -0.459 e. The molecular formula is C21H22F3N3O5S. The highest BCUT2D eigenvalue weighted by Gasteiger charge is 2.40. The number of piperazine rings is 1. The van der Waals surface area contributed by atoms with Gasteiger partial charge >= 0.3 is 6.18 Å². The summed E-state index contributed by atoms with van der Waals surface area (Å²) in [6, 6.07) is 6.06. The molecular weight excluding hydrogens is 463 g/mol. The van der Waals surface area contributed by atoms with Crippen molar-refractivity contribution in [1.29, 1.82) is 0 Å². The summed E-state index contributed by atoms with van der Waals surface area (Å²) < 4.78 is 70.9. The van der Waals surface area contributed by atoms with Crippen LogP contribution >= 0.6 is 0 Å². The second kappa shape index (κ2) is 8.82. The van der Waals surface area contributed by atoms with Gasteiger partial charge in [-0.25, -0.2) is 8.42 Å². The predicted molar refractivity (Wildman–Crippen MR) is 110 cm³/mol. The molecule has 3 heterocycles. The largest absolute Gasteiger partial charge is 0.459 e. The summed E-state index contributed by atoms with van der Waals surface area (Å²) in [5.74, 6) is -0.503. The van der Waals surface area contributed by atoms with Crippen molar-refractivity contribution in [2.24, 2.45) is 0 Å². The van der Waals surface area contributed by atoms with E-state index in [1.807, 2.05) is 0 Å². The Labute approximate surface area is 188 Å². The maximum absolute atomic E-state index is 13.1. The van der Waals surface area contributed by atoms with Gasteiger partial charge in [0.05, 0.1) is 16.7 Å². The molecule has 33 heavy (non-hydrogen) atoms. The predicted octanol–water partition coefficient (Wildman–Crippen LogP) is 2.44. The lowest BCUT2D eigenvalue weighted by atomic mass is 10.1. The molecule has 178 valence electrons. The van der Waals surface area contributed by atoms with E-state index in [9.17, 15) is 31.2 Å². The molecule has 0 radical (unpaired) electrons. The lowest BCUT2D eigenvalue weighted by Gasteiger charge is -2.36. The Bertz CT molecular complexity index is 1130. The molecule has 8 nitrogen and oxygen atoms in total. The summed E-state index contributed by atoms with van der Waals surface area (Å²) in [6.45, 7) is 0.471. The molecule has 1 atom stereocenters. The summed E-state index contributed by atoms with van der Waals surface area (Å²) >= 11 is 0. The Balaban J connectivity index is 1.42. The van der Waals surface area contributed by atoms with E-state index in [1.54, 1.807) is 6.07 Å². The SMILES string of the molecule is O=C([C@@H]1CCCN1C(=O)c1ccco1)N1CCN(S(=O)(=O)c2cccc(C(F)(F)F)c2)CC1. The molecule has 0 aliphatic carbocycles. The average Bonchev–Trinajstić information content (AvgIpc) is 3.50. The third-order valence-electron chi connectivity index (χ3n) is 5.88. The highest BCUT2D eigenvalue weighted by atomic mass is 32.2. The zero-order chi connectivity index (χ0) is 23.8. The van der Waals surface area contributed by atoms with Crippen LogP contribution in [0.2, 0.25) is 0 Å². The van der Waals surface area contributed by atoms with Crippen molar-refractivity contribution in [3.8, 4) is 0 Å². The van der Waals surface area contributed by atoms with Crippen LogP contribution in [-0.2, 0) is 21.0 Å². The number of halogens is 3. The molecule has 0 bridgehead atoms. The number of furan rings is 1. The van der Waals surface area contributed by atoms with Crippen molar-refractivity contribution in [2.45, 2.75) is 30.0 Å². The van der Waals surface area contributed by atoms with Crippen molar-refractivity contribution >= 4 is 21.8 Å². The van der Waals surface area contributed by atoms with E-state index in [0.29, 0.717) is 25.5 Å². The van der Waals surface area contributed by atoms with Crippen molar-refractivity contribution in [1.82, 2.24) is 14.1 Å². The summed E-state index contributed by atoms with van der Waals surface area (Å²) in [5, 5.41) is 0. The first-order valence-corrected chi connectivity index (χ1v) is 11.8. The van der Waals surface area contributed by atoms with Crippen LogP contribution in [0.1, 0.15) is 29.0 Å². The third-order valence-corrected chi connectivity index (χ3v) is 7.77. The maximum atomic E-state index is 13.1. The Morgan fingerprint density at radius 2 is 1.73 bits per heavy atom. The van der Waals surface area contributed by atoms with E-state index >= 15 is 0 Å². The smallest absolute Gasteiger partial charge is 0.416 e. The molecule has 4 rings (SSSR count). The maximum Gasteiger partial charge on any atom is 0.416 e. The van der Waals surface area contributed by atoms with Crippen LogP contribution in [0.15, 0.2) is 52.0 Å². The number of carbonyl (C=O) groups excluding carboxylic acids is 2. The lowest BCUT2D eigenvalue weighted by molar-refractivity contribution is -0.138. The van der Waals surface area contributed by atoms with Gasteiger partial charge in [-0.15, -0.1) is 0 Å². The number of carbonyl (C=O) groups is 2. The van der Waals surface area contributed by atoms with E-state index in [-0.39, 0.29) is 43.8 Å². The lowest BCUT2D eigenvalue weighted by Crippen LogP contribution is -2.55. The van der Waals surface area contributed by atoms with Gasteiger partial charge in [0.2, 0.25) is 15.9 Å². The fourth-order valence-electron chi connectivity index (χ4n) is 4.15. The number of benzene rings is 1. The summed E-state index contributed by atoms with van der Waals surface area (Å²) in [5.41, 5.74) is -1.04. The number of sulfonamides is 1. The third kappa shape index (κ3) is 4.62. The average molecular weight is 485 g/mol. The van der Waals surface area contributed by atoms with Crippen molar-refractivity contribution in [3.63, 3.8) is 0 Å². The standard InChI is InChI=1S/C21H22F3N3O5S/c22-21(23,24)15-4-1-5-16(14-15)33(30,31)26-11-9-25(10-12-26)19(28)17-6-2-8-27(17)20(29)18-7-3-13-32-18/h1,3-5,7,13-14,17H,2,6,8-12H2/t17-/m0/s1. The molecule has 0 saturated carbocycles. The minimum atomic E-state index is -4.66. The second-order valence-corrected chi connectivity index (χ2v) is 9.83.